The van der Waals surface area contributed by atoms with Crippen molar-refractivity contribution < 1.29 is 4.79 Å². The van der Waals surface area contributed by atoms with E-state index in [2.05, 4.69) is 13.0 Å². The van der Waals surface area contributed by atoms with Crippen LogP contribution in [0.2, 0.25) is 0 Å². The molecule has 0 aromatic heterocycles. The van der Waals surface area contributed by atoms with E-state index in [9.17, 15) is 4.79 Å². The lowest BCUT2D eigenvalue weighted by atomic mass is 10.0. The number of benzene rings is 1. The summed E-state index contributed by atoms with van der Waals surface area (Å²) in [5, 5.41) is 0. The van der Waals surface area contributed by atoms with Gasteiger partial charge in [-0.25, -0.2) is 0 Å². The molecule has 0 saturated heterocycles. The molecule has 1 aromatic rings. The minimum Gasteiger partial charge on any atom is -0.295 e. The molecule has 0 aliphatic carbocycles. The Balaban J connectivity index is 2.95. The van der Waals surface area contributed by atoms with Crippen molar-refractivity contribution >= 4 is 11.4 Å². The summed E-state index contributed by atoms with van der Waals surface area (Å²) in [7, 11) is 0. The molecule has 1 aromatic carbocycles. The Bertz CT molecular complexity index is 372. The van der Waals surface area contributed by atoms with Crippen molar-refractivity contribution in [2.75, 3.05) is 0 Å². The van der Waals surface area contributed by atoms with Crippen LogP contribution in [0.4, 0.5) is 0 Å². The van der Waals surface area contributed by atoms with Gasteiger partial charge >= 0.3 is 0 Å². The maximum Gasteiger partial charge on any atom is 0.152 e. The molecular formula is C14H16O. The van der Waals surface area contributed by atoms with Gasteiger partial charge in [-0.2, -0.15) is 0 Å². The SMILES string of the molecule is CC/C=C(\C=C/C(C)=O)c1ccccc1. The molecule has 0 atom stereocenters. The number of hydrogen-bond donors (Lipinski definition) is 0. The fourth-order valence-corrected chi connectivity index (χ4v) is 1.34. The summed E-state index contributed by atoms with van der Waals surface area (Å²) in [4.78, 5) is 10.9. The van der Waals surface area contributed by atoms with Crippen molar-refractivity contribution in [3.05, 3.63) is 54.1 Å². The van der Waals surface area contributed by atoms with Crippen molar-refractivity contribution in [3.8, 4) is 0 Å². The molecule has 0 heterocycles. The maximum atomic E-state index is 10.9. The van der Waals surface area contributed by atoms with Crippen molar-refractivity contribution in [2.45, 2.75) is 20.3 Å². The van der Waals surface area contributed by atoms with Gasteiger partial charge in [-0.3, -0.25) is 4.79 Å². The largest absolute Gasteiger partial charge is 0.295 e. The fourth-order valence-electron chi connectivity index (χ4n) is 1.34. The first-order valence-corrected chi connectivity index (χ1v) is 5.18. The molecule has 1 heteroatoms. The Labute approximate surface area is 91.1 Å². The summed E-state index contributed by atoms with van der Waals surface area (Å²) in [5.74, 6) is 0.0768. The Morgan fingerprint density at radius 2 is 1.87 bits per heavy atom. The Hall–Kier alpha value is -1.63. The first-order chi connectivity index (χ1) is 7.24. The van der Waals surface area contributed by atoms with Gasteiger partial charge in [0.15, 0.2) is 5.78 Å². The molecule has 0 aliphatic heterocycles. The molecule has 15 heavy (non-hydrogen) atoms. The Morgan fingerprint density at radius 3 is 2.40 bits per heavy atom. The molecule has 0 unspecified atom stereocenters. The lowest BCUT2D eigenvalue weighted by Crippen LogP contribution is -1.84. The molecule has 0 radical (unpaired) electrons. The van der Waals surface area contributed by atoms with Crippen LogP contribution in [0.3, 0.4) is 0 Å². The summed E-state index contributed by atoms with van der Waals surface area (Å²) in [6.45, 7) is 3.65. The summed E-state index contributed by atoms with van der Waals surface area (Å²) < 4.78 is 0. The Kier molecular flexibility index (Phi) is 4.55. The van der Waals surface area contributed by atoms with Crippen molar-refractivity contribution in [1.29, 1.82) is 0 Å². The zero-order valence-corrected chi connectivity index (χ0v) is 9.23. The van der Waals surface area contributed by atoms with E-state index in [0.717, 1.165) is 17.6 Å². The minimum atomic E-state index is 0.0768. The summed E-state index contributed by atoms with van der Waals surface area (Å²) in [6, 6.07) is 10.1. The molecule has 0 aliphatic rings. The number of ketones is 1. The molecule has 78 valence electrons. The van der Waals surface area contributed by atoms with Gasteiger partial charge in [0.1, 0.15) is 0 Å². The van der Waals surface area contributed by atoms with Crippen LogP contribution in [0, 0.1) is 0 Å². The second-order valence-electron chi connectivity index (χ2n) is 3.38. The lowest BCUT2D eigenvalue weighted by Gasteiger charge is -2.01. The van der Waals surface area contributed by atoms with E-state index in [0.29, 0.717) is 0 Å². The van der Waals surface area contributed by atoms with Gasteiger partial charge in [-0.1, -0.05) is 49.4 Å². The van der Waals surface area contributed by atoms with Gasteiger partial charge in [0, 0.05) is 0 Å². The first kappa shape index (κ1) is 11.4. The molecule has 1 rings (SSSR count). The Morgan fingerprint density at radius 1 is 1.20 bits per heavy atom. The molecule has 0 fully saturated rings. The number of carbonyl (C=O) groups excluding carboxylic acids is 1. The van der Waals surface area contributed by atoms with Gasteiger partial charge in [0.2, 0.25) is 0 Å². The highest BCUT2D eigenvalue weighted by molar-refractivity contribution is 5.90. The van der Waals surface area contributed by atoms with Crippen molar-refractivity contribution in [2.24, 2.45) is 0 Å². The van der Waals surface area contributed by atoms with Crippen molar-refractivity contribution in [3.63, 3.8) is 0 Å². The van der Waals surface area contributed by atoms with Gasteiger partial charge < -0.3 is 0 Å². The maximum absolute atomic E-state index is 10.9. The highest BCUT2D eigenvalue weighted by Gasteiger charge is 1.95. The van der Waals surface area contributed by atoms with E-state index in [-0.39, 0.29) is 5.78 Å². The monoisotopic (exact) mass is 200 g/mol. The smallest absolute Gasteiger partial charge is 0.152 e. The number of carbonyl (C=O) groups is 1. The van der Waals surface area contributed by atoms with Crippen LogP contribution in [0.5, 0.6) is 0 Å². The average molecular weight is 200 g/mol. The van der Waals surface area contributed by atoms with Crippen LogP contribution in [0.25, 0.3) is 5.57 Å². The van der Waals surface area contributed by atoms with E-state index in [1.165, 1.54) is 0 Å². The van der Waals surface area contributed by atoms with E-state index in [4.69, 9.17) is 0 Å². The van der Waals surface area contributed by atoms with Crippen molar-refractivity contribution in [1.82, 2.24) is 0 Å². The zero-order chi connectivity index (χ0) is 11.1. The highest BCUT2D eigenvalue weighted by Crippen LogP contribution is 2.16. The van der Waals surface area contributed by atoms with Gasteiger partial charge in [-0.15, -0.1) is 0 Å². The minimum absolute atomic E-state index is 0.0768. The van der Waals surface area contributed by atoms with E-state index in [1.807, 2.05) is 36.4 Å². The van der Waals surface area contributed by atoms with Gasteiger partial charge in [-0.05, 0) is 30.6 Å². The molecule has 0 saturated carbocycles. The second-order valence-corrected chi connectivity index (χ2v) is 3.38. The van der Waals surface area contributed by atoms with Crippen LogP contribution >= 0.6 is 0 Å². The van der Waals surface area contributed by atoms with E-state index < -0.39 is 0 Å². The third kappa shape index (κ3) is 3.94. The second kappa shape index (κ2) is 5.97. The number of hydrogen-bond acceptors (Lipinski definition) is 1. The lowest BCUT2D eigenvalue weighted by molar-refractivity contribution is -0.112. The topological polar surface area (TPSA) is 17.1 Å². The predicted molar refractivity (Wildman–Crippen MR) is 64.5 cm³/mol. The van der Waals surface area contributed by atoms with Crippen LogP contribution in [0.15, 0.2) is 48.6 Å². The highest BCUT2D eigenvalue weighted by atomic mass is 16.1. The molecule has 0 spiro atoms. The van der Waals surface area contributed by atoms with Gasteiger partial charge in [0.05, 0.1) is 0 Å². The molecule has 1 nitrogen and oxygen atoms in total. The quantitative estimate of drug-likeness (QED) is 0.536. The molecule has 0 N–H and O–H groups in total. The fraction of sp³-hybridized carbons (Fsp3) is 0.214. The predicted octanol–water partition coefficient (Wildman–Crippen LogP) is 3.63. The third-order valence-electron chi connectivity index (χ3n) is 2.03. The summed E-state index contributed by atoms with van der Waals surface area (Å²) in [5.41, 5.74) is 2.25. The standard InChI is InChI=1S/C14H16O/c1-3-7-13(11-10-12(2)15)14-8-5-4-6-9-14/h4-11H,3H2,1-2H3/b11-10-,13-7+. The van der Waals surface area contributed by atoms with Crippen LogP contribution in [-0.4, -0.2) is 5.78 Å². The normalized spacial score (nSPS) is 12.0. The van der Waals surface area contributed by atoms with Crippen LogP contribution in [0.1, 0.15) is 25.8 Å². The number of rotatable bonds is 4. The van der Waals surface area contributed by atoms with Crippen LogP contribution in [-0.2, 0) is 4.79 Å². The number of allylic oxidation sites excluding steroid dienone is 4. The zero-order valence-electron chi connectivity index (χ0n) is 9.23. The van der Waals surface area contributed by atoms with E-state index in [1.54, 1.807) is 13.0 Å². The van der Waals surface area contributed by atoms with Gasteiger partial charge in [0.25, 0.3) is 0 Å². The molecule has 0 amide bonds. The first-order valence-electron chi connectivity index (χ1n) is 5.18. The molecular weight excluding hydrogens is 184 g/mol. The third-order valence-corrected chi connectivity index (χ3v) is 2.03. The van der Waals surface area contributed by atoms with Crippen LogP contribution < -0.4 is 0 Å². The van der Waals surface area contributed by atoms with E-state index >= 15 is 0 Å². The summed E-state index contributed by atoms with van der Waals surface area (Å²) in [6.07, 6.45) is 6.57. The summed E-state index contributed by atoms with van der Waals surface area (Å²) >= 11 is 0. The molecule has 0 bridgehead atoms. The average Bonchev–Trinajstić information content (AvgIpc) is 2.25.